The number of piperazine rings is 2. The Hall–Kier alpha value is -0.160. The van der Waals surface area contributed by atoms with Crippen LogP contribution in [0.25, 0.3) is 0 Å². The van der Waals surface area contributed by atoms with E-state index in [0.29, 0.717) is 0 Å². The van der Waals surface area contributed by atoms with Crippen LogP contribution < -0.4 is 0 Å². The molecular formula is C14H32N4. The fourth-order valence-corrected chi connectivity index (χ4v) is 2.43. The first-order chi connectivity index (χ1) is 8.74. The third-order valence-corrected chi connectivity index (χ3v) is 3.92. The Morgan fingerprint density at radius 1 is 0.556 bits per heavy atom. The van der Waals surface area contributed by atoms with Crippen molar-refractivity contribution in [2.45, 2.75) is 13.8 Å². The second-order valence-corrected chi connectivity index (χ2v) is 5.29. The van der Waals surface area contributed by atoms with Crippen LogP contribution in [-0.2, 0) is 0 Å². The summed E-state index contributed by atoms with van der Waals surface area (Å²) in [5, 5.41) is 0. The van der Waals surface area contributed by atoms with Gasteiger partial charge in [0.2, 0.25) is 0 Å². The molecule has 0 bridgehead atoms. The maximum absolute atomic E-state index is 2.61. The van der Waals surface area contributed by atoms with Crippen LogP contribution in [0.5, 0.6) is 0 Å². The van der Waals surface area contributed by atoms with E-state index in [9.17, 15) is 0 Å². The topological polar surface area (TPSA) is 13.0 Å². The van der Waals surface area contributed by atoms with Gasteiger partial charge in [0, 0.05) is 65.4 Å². The second-order valence-electron chi connectivity index (χ2n) is 5.29. The summed E-state index contributed by atoms with van der Waals surface area (Å²) in [7, 11) is 4.44. The van der Waals surface area contributed by atoms with Crippen molar-refractivity contribution in [2.24, 2.45) is 0 Å². The fraction of sp³-hybridized carbons (Fsp3) is 1.00. The molecule has 108 valence electrons. The molecule has 0 spiro atoms. The van der Waals surface area contributed by atoms with E-state index in [-0.39, 0.29) is 0 Å². The van der Waals surface area contributed by atoms with Crippen LogP contribution in [0.2, 0.25) is 0 Å². The number of hydrogen-bond acceptors (Lipinski definition) is 4. The van der Waals surface area contributed by atoms with Gasteiger partial charge in [0.1, 0.15) is 0 Å². The van der Waals surface area contributed by atoms with Crippen molar-refractivity contribution < 1.29 is 0 Å². The van der Waals surface area contributed by atoms with Gasteiger partial charge in [0.05, 0.1) is 0 Å². The maximum Gasteiger partial charge on any atom is 0.0110 e. The molecule has 0 aromatic rings. The normalized spacial score (nSPS) is 24.7. The summed E-state index contributed by atoms with van der Waals surface area (Å²) in [4.78, 5) is 10.1. The van der Waals surface area contributed by atoms with E-state index in [1.54, 1.807) is 0 Å². The molecule has 0 aromatic heterocycles. The summed E-state index contributed by atoms with van der Waals surface area (Å²) in [5.41, 5.74) is 0. The Labute approximate surface area is 114 Å². The van der Waals surface area contributed by atoms with Crippen LogP contribution in [0.3, 0.4) is 0 Å². The van der Waals surface area contributed by atoms with Crippen LogP contribution in [0.15, 0.2) is 0 Å². The van der Waals surface area contributed by atoms with E-state index in [1.807, 2.05) is 13.8 Å². The number of likely N-dealkylation sites (N-methyl/N-ethyl adjacent to an activating group) is 2. The lowest BCUT2D eigenvalue weighted by Crippen LogP contribution is -2.50. The number of rotatable bonds is 3. The molecule has 2 aliphatic heterocycles. The lowest BCUT2D eigenvalue weighted by Gasteiger charge is -2.36. The first kappa shape index (κ1) is 15.9. The Morgan fingerprint density at radius 2 is 0.833 bits per heavy atom. The highest BCUT2D eigenvalue weighted by Crippen LogP contribution is 2.02. The molecular weight excluding hydrogens is 224 g/mol. The summed E-state index contributed by atoms with van der Waals surface area (Å²) in [5.74, 6) is 0. The zero-order chi connectivity index (χ0) is 13.4. The number of nitrogens with zero attached hydrogens (tertiary/aromatic N) is 4. The minimum Gasteiger partial charge on any atom is -0.304 e. The van der Waals surface area contributed by atoms with Gasteiger partial charge in [-0.15, -0.1) is 0 Å². The summed E-state index contributed by atoms with van der Waals surface area (Å²) in [6.07, 6.45) is 0. The van der Waals surface area contributed by atoms with Gasteiger partial charge in [-0.3, -0.25) is 9.80 Å². The Kier molecular flexibility index (Phi) is 7.82. The average Bonchev–Trinajstić information content (AvgIpc) is 2.42. The van der Waals surface area contributed by atoms with Crippen LogP contribution in [0.4, 0.5) is 0 Å². The highest BCUT2D eigenvalue weighted by atomic mass is 15.3. The second kappa shape index (κ2) is 8.86. The van der Waals surface area contributed by atoms with Crippen molar-refractivity contribution in [3.63, 3.8) is 0 Å². The van der Waals surface area contributed by atoms with Crippen molar-refractivity contribution in [1.82, 2.24) is 19.6 Å². The first-order valence-corrected chi connectivity index (χ1v) is 7.56. The van der Waals surface area contributed by atoms with Gasteiger partial charge in [0.25, 0.3) is 0 Å². The molecule has 0 aromatic carbocycles. The molecule has 0 unspecified atom stereocenters. The molecule has 0 aliphatic carbocycles. The van der Waals surface area contributed by atoms with E-state index < -0.39 is 0 Å². The maximum atomic E-state index is 2.61. The molecule has 2 rings (SSSR count). The Morgan fingerprint density at radius 3 is 1.11 bits per heavy atom. The quantitative estimate of drug-likeness (QED) is 0.729. The smallest absolute Gasteiger partial charge is 0.0110 e. The van der Waals surface area contributed by atoms with Crippen molar-refractivity contribution in [3.05, 3.63) is 0 Å². The molecule has 0 amide bonds. The minimum absolute atomic E-state index is 1.24. The van der Waals surface area contributed by atoms with Crippen LogP contribution in [0, 0.1) is 0 Å². The molecule has 0 radical (unpaired) electrons. The Bertz CT molecular complexity index is 172. The summed E-state index contributed by atoms with van der Waals surface area (Å²) >= 11 is 0. The van der Waals surface area contributed by atoms with E-state index in [0.717, 1.165) is 0 Å². The van der Waals surface area contributed by atoms with Crippen LogP contribution in [-0.4, -0.2) is 99.1 Å². The van der Waals surface area contributed by atoms with Crippen molar-refractivity contribution >= 4 is 0 Å². The average molecular weight is 256 g/mol. The predicted octanol–water partition coefficient (Wildman–Crippen LogP) is 0.507. The molecule has 2 heterocycles. The van der Waals surface area contributed by atoms with Gasteiger partial charge in [-0.25, -0.2) is 0 Å². The lowest BCUT2D eigenvalue weighted by atomic mass is 10.3. The Balaban J connectivity index is 0.000000771. The molecule has 0 saturated carbocycles. The third-order valence-electron chi connectivity index (χ3n) is 3.92. The van der Waals surface area contributed by atoms with Gasteiger partial charge in [-0.1, -0.05) is 13.8 Å². The summed E-state index contributed by atoms with van der Waals surface area (Å²) in [6, 6.07) is 0. The standard InChI is InChI=1S/C12H26N4.C2H6/c1-13-3-7-15(8-4-13)11-12-16-9-5-14(2)6-10-16;1-2/h3-12H2,1-2H3;1-2H3. The number of hydrogen-bond donors (Lipinski definition) is 0. The molecule has 18 heavy (non-hydrogen) atoms. The third kappa shape index (κ3) is 5.65. The van der Waals surface area contributed by atoms with Gasteiger partial charge in [-0.05, 0) is 14.1 Å². The van der Waals surface area contributed by atoms with Crippen molar-refractivity contribution in [3.8, 4) is 0 Å². The van der Waals surface area contributed by atoms with Crippen LogP contribution >= 0.6 is 0 Å². The minimum atomic E-state index is 1.24. The highest BCUT2D eigenvalue weighted by Gasteiger charge is 2.17. The molecule has 0 N–H and O–H groups in total. The summed E-state index contributed by atoms with van der Waals surface area (Å²) in [6.45, 7) is 16.5. The fourth-order valence-electron chi connectivity index (χ4n) is 2.43. The van der Waals surface area contributed by atoms with Crippen molar-refractivity contribution in [2.75, 3.05) is 79.5 Å². The van der Waals surface area contributed by atoms with Gasteiger partial charge >= 0.3 is 0 Å². The zero-order valence-corrected chi connectivity index (χ0v) is 12.9. The van der Waals surface area contributed by atoms with E-state index in [2.05, 4.69) is 33.7 Å². The molecule has 2 saturated heterocycles. The summed E-state index contributed by atoms with van der Waals surface area (Å²) < 4.78 is 0. The van der Waals surface area contributed by atoms with Gasteiger partial charge in [0.15, 0.2) is 0 Å². The highest BCUT2D eigenvalue weighted by molar-refractivity contribution is 4.73. The lowest BCUT2D eigenvalue weighted by molar-refractivity contribution is 0.111. The van der Waals surface area contributed by atoms with Crippen LogP contribution in [0.1, 0.15) is 13.8 Å². The predicted molar refractivity (Wildman–Crippen MR) is 79.2 cm³/mol. The van der Waals surface area contributed by atoms with Gasteiger partial charge < -0.3 is 9.80 Å². The molecule has 4 heteroatoms. The van der Waals surface area contributed by atoms with E-state index >= 15 is 0 Å². The first-order valence-electron chi connectivity index (χ1n) is 7.56. The van der Waals surface area contributed by atoms with E-state index in [1.165, 1.54) is 65.4 Å². The zero-order valence-electron chi connectivity index (χ0n) is 12.9. The van der Waals surface area contributed by atoms with Gasteiger partial charge in [-0.2, -0.15) is 0 Å². The molecule has 4 nitrogen and oxygen atoms in total. The van der Waals surface area contributed by atoms with E-state index in [4.69, 9.17) is 0 Å². The monoisotopic (exact) mass is 256 g/mol. The van der Waals surface area contributed by atoms with Crippen molar-refractivity contribution in [1.29, 1.82) is 0 Å². The SMILES string of the molecule is CC.CN1CCN(CCN2CCN(C)CC2)CC1. The molecule has 0 atom stereocenters. The molecule has 2 fully saturated rings. The largest absolute Gasteiger partial charge is 0.304 e. The molecule has 2 aliphatic rings.